The minimum atomic E-state index is -4.57. The summed E-state index contributed by atoms with van der Waals surface area (Å²) in [5.74, 6) is -0.612. The summed E-state index contributed by atoms with van der Waals surface area (Å²) in [5.41, 5.74) is 0.0910. The second-order valence-electron chi connectivity index (χ2n) is 4.46. The van der Waals surface area contributed by atoms with E-state index in [2.05, 4.69) is 10.4 Å². The average molecular weight is 299 g/mol. The number of aromatic amines is 1. The molecule has 0 radical (unpaired) electrons. The van der Waals surface area contributed by atoms with Crippen LogP contribution in [0, 0.1) is 6.92 Å². The highest BCUT2D eigenvalue weighted by Gasteiger charge is 2.33. The van der Waals surface area contributed by atoms with Crippen LogP contribution in [0.25, 0.3) is 0 Å². The summed E-state index contributed by atoms with van der Waals surface area (Å²) in [6.45, 7) is 1.87. The number of hydrogen-bond donors (Lipinski definition) is 3. The Morgan fingerprint density at radius 2 is 2.10 bits per heavy atom. The second kappa shape index (κ2) is 5.47. The van der Waals surface area contributed by atoms with Crippen LogP contribution in [0.2, 0.25) is 0 Å². The molecule has 5 nitrogen and oxygen atoms in total. The number of aryl methyl sites for hydroxylation is 1. The van der Waals surface area contributed by atoms with E-state index >= 15 is 0 Å². The van der Waals surface area contributed by atoms with E-state index in [-0.39, 0.29) is 18.0 Å². The molecule has 2 aromatic rings. The van der Waals surface area contributed by atoms with Gasteiger partial charge in [-0.25, -0.2) is 0 Å². The zero-order chi connectivity index (χ0) is 15.6. The molecule has 0 aliphatic rings. The minimum absolute atomic E-state index is 0.102. The van der Waals surface area contributed by atoms with Gasteiger partial charge in [-0.3, -0.25) is 9.89 Å². The van der Waals surface area contributed by atoms with Gasteiger partial charge in [-0.2, -0.15) is 18.3 Å². The van der Waals surface area contributed by atoms with Crippen LogP contribution in [0.15, 0.2) is 24.3 Å². The molecule has 112 valence electrons. The predicted octanol–water partition coefficient (Wildman–Crippen LogP) is 2.37. The summed E-state index contributed by atoms with van der Waals surface area (Å²) in [6, 6.07) is 5.26. The van der Waals surface area contributed by atoms with Crippen molar-refractivity contribution in [2.45, 2.75) is 19.6 Å². The Morgan fingerprint density at radius 1 is 1.38 bits per heavy atom. The van der Waals surface area contributed by atoms with Gasteiger partial charge in [-0.15, -0.1) is 0 Å². The highest BCUT2D eigenvalue weighted by molar-refractivity contribution is 5.92. The maximum absolute atomic E-state index is 12.4. The van der Waals surface area contributed by atoms with Crippen molar-refractivity contribution in [1.29, 1.82) is 0 Å². The zero-order valence-electron chi connectivity index (χ0n) is 11.0. The van der Waals surface area contributed by atoms with Gasteiger partial charge in [-0.1, -0.05) is 6.07 Å². The van der Waals surface area contributed by atoms with Crippen molar-refractivity contribution in [2.75, 3.05) is 0 Å². The van der Waals surface area contributed by atoms with Gasteiger partial charge < -0.3 is 10.4 Å². The SMILES string of the molecule is Cc1cc(O)ccc1CNC(=O)c1cc(C(F)(F)F)[nH]n1. The number of hydrogen-bond acceptors (Lipinski definition) is 3. The van der Waals surface area contributed by atoms with E-state index in [1.807, 2.05) is 0 Å². The van der Waals surface area contributed by atoms with Crippen LogP contribution in [0.1, 0.15) is 27.3 Å². The van der Waals surface area contributed by atoms with Crippen molar-refractivity contribution in [3.63, 3.8) is 0 Å². The van der Waals surface area contributed by atoms with Crippen LogP contribution in [-0.2, 0) is 12.7 Å². The molecule has 0 fully saturated rings. The maximum Gasteiger partial charge on any atom is 0.432 e. The van der Waals surface area contributed by atoms with Gasteiger partial charge in [0.2, 0.25) is 0 Å². The number of halogens is 3. The fraction of sp³-hybridized carbons (Fsp3) is 0.231. The first kappa shape index (κ1) is 14.9. The second-order valence-corrected chi connectivity index (χ2v) is 4.46. The number of phenolic OH excluding ortho intramolecular Hbond substituents is 1. The van der Waals surface area contributed by atoms with Crippen molar-refractivity contribution in [3.05, 3.63) is 46.8 Å². The molecule has 1 amide bonds. The highest BCUT2D eigenvalue weighted by atomic mass is 19.4. The van der Waals surface area contributed by atoms with Gasteiger partial charge >= 0.3 is 6.18 Å². The molecule has 0 saturated carbocycles. The standard InChI is InChI=1S/C13H12F3N3O2/c1-7-4-9(20)3-2-8(7)6-17-12(21)10-5-11(19-18-10)13(14,15)16/h2-5,20H,6H2,1H3,(H,17,21)(H,18,19). The van der Waals surface area contributed by atoms with Crippen molar-refractivity contribution in [3.8, 4) is 5.75 Å². The number of carbonyl (C=O) groups is 1. The number of benzene rings is 1. The van der Waals surface area contributed by atoms with Crippen LogP contribution >= 0.6 is 0 Å². The van der Waals surface area contributed by atoms with Gasteiger partial charge in [0.1, 0.15) is 11.4 Å². The summed E-state index contributed by atoms with van der Waals surface area (Å²) in [5, 5.41) is 16.8. The molecule has 0 unspecified atom stereocenters. The molecule has 0 aliphatic heterocycles. The largest absolute Gasteiger partial charge is 0.508 e. The number of H-pyrrole nitrogens is 1. The lowest BCUT2D eigenvalue weighted by Gasteiger charge is -2.07. The van der Waals surface area contributed by atoms with Gasteiger partial charge in [0, 0.05) is 12.6 Å². The number of amides is 1. The number of nitrogens with one attached hydrogen (secondary N) is 2. The highest BCUT2D eigenvalue weighted by Crippen LogP contribution is 2.27. The number of nitrogens with zero attached hydrogens (tertiary/aromatic N) is 1. The monoisotopic (exact) mass is 299 g/mol. The van der Waals surface area contributed by atoms with Crippen LogP contribution < -0.4 is 5.32 Å². The number of rotatable bonds is 3. The molecule has 0 spiro atoms. The summed E-state index contributed by atoms with van der Waals surface area (Å²) in [4.78, 5) is 11.7. The summed E-state index contributed by atoms with van der Waals surface area (Å²) in [7, 11) is 0. The van der Waals surface area contributed by atoms with Gasteiger partial charge in [0.25, 0.3) is 5.91 Å². The first-order valence-corrected chi connectivity index (χ1v) is 5.96. The molecule has 0 bridgehead atoms. The lowest BCUT2D eigenvalue weighted by molar-refractivity contribution is -0.141. The summed E-state index contributed by atoms with van der Waals surface area (Å²) in [6.07, 6.45) is -4.57. The van der Waals surface area contributed by atoms with Crippen molar-refractivity contribution in [2.24, 2.45) is 0 Å². The topological polar surface area (TPSA) is 78.0 Å². The average Bonchev–Trinajstić information content (AvgIpc) is 2.87. The summed E-state index contributed by atoms with van der Waals surface area (Å²) < 4.78 is 37.1. The maximum atomic E-state index is 12.4. The first-order valence-electron chi connectivity index (χ1n) is 5.96. The van der Waals surface area contributed by atoms with E-state index in [1.165, 1.54) is 12.1 Å². The number of alkyl halides is 3. The fourth-order valence-corrected chi connectivity index (χ4v) is 1.73. The zero-order valence-corrected chi connectivity index (χ0v) is 11.0. The molecular weight excluding hydrogens is 287 g/mol. The van der Waals surface area contributed by atoms with Crippen LogP contribution in [0.5, 0.6) is 5.75 Å². The van der Waals surface area contributed by atoms with E-state index < -0.39 is 17.8 Å². The molecular formula is C13H12F3N3O2. The molecule has 21 heavy (non-hydrogen) atoms. The molecule has 8 heteroatoms. The van der Waals surface area contributed by atoms with E-state index in [0.29, 0.717) is 6.07 Å². The molecule has 3 N–H and O–H groups in total. The van der Waals surface area contributed by atoms with Crippen LogP contribution in [-0.4, -0.2) is 21.2 Å². The lowest BCUT2D eigenvalue weighted by atomic mass is 10.1. The Labute approximate surface area is 117 Å². The third kappa shape index (κ3) is 3.53. The van der Waals surface area contributed by atoms with Crippen molar-refractivity contribution in [1.82, 2.24) is 15.5 Å². The molecule has 0 aliphatic carbocycles. The normalized spacial score (nSPS) is 11.4. The number of aromatic nitrogens is 2. The molecule has 1 aromatic carbocycles. The van der Waals surface area contributed by atoms with E-state index in [0.717, 1.165) is 11.1 Å². The van der Waals surface area contributed by atoms with E-state index in [1.54, 1.807) is 18.1 Å². The number of carbonyl (C=O) groups excluding carboxylic acids is 1. The Morgan fingerprint density at radius 3 is 2.67 bits per heavy atom. The Bertz CT molecular complexity index is 665. The number of phenols is 1. The number of aromatic hydroxyl groups is 1. The summed E-state index contributed by atoms with van der Waals surface area (Å²) >= 11 is 0. The third-order valence-corrected chi connectivity index (χ3v) is 2.88. The minimum Gasteiger partial charge on any atom is -0.508 e. The predicted molar refractivity (Wildman–Crippen MR) is 67.6 cm³/mol. The third-order valence-electron chi connectivity index (χ3n) is 2.88. The fourth-order valence-electron chi connectivity index (χ4n) is 1.73. The van der Waals surface area contributed by atoms with Crippen molar-refractivity contribution < 1.29 is 23.1 Å². The Balaban J connectivity index is 2.03. The molecule has 2 rings (SSSR count). The van der Waals surface area contributed by atoms with Crippen LogP contribution in [0.3, 0.4) is 0 Å². The Kier molecular flexibility index (Phi) is 3.88. The van der Waals surface area contributed by atoms with Gasteiger partial charge in [0.05, 0.1) is 0 Å². The van der Waals surface area contributed by atoms with Crippen LogP contribution in [0.4, 0.5) is 13.2 Å². The lowest BCUT2D eigenvalue weighted by Crippen LogP contribution is -2.23. The van der Waals surface area contributed by atoms with Gasteiger partial charge in [0.15, 0.2) is 5.69 Å². The van der Waals surface area contributed by atoms with E-state index in [4.69, 9.17) is 0 Å². The van der Waals surface area contributed by atoms with Crippen molar-refractivity contribution >= 4 is 5.91 Å². The first-order chi connectivity index (χ1) is 9.77. The van der Waals surface area contributed by atoms with E-state index in [9.17, 15) is 23.1 Å². The smallest absolute Gasteiger partial charge is 0.432 e. The Hall–Kier alpha value is -2.51. The molecule has 0 saturated heterocycles. The molecule has 1 aromatic heterocycles. The van der Waals surface area contributed by atoms with Gasteiger partial charge in [-0.05, 0) is 30.2 Å². The quantitative estimate of drug-likeness (QED) is 0.814. The molecule has 1 heterocycles. The molecule has 0 atom stereocenters.